The Morgan fingerprint density at radius 1 is 0.853 bits per heavy atom. The molecule has 1 amide bonds. The van der Waals surface area contributed by atoms with Crippen LogP contribution >= 0.6 is 0 Å². The van der Waals surface area contributed by atoms with E-state index < -0.39 is 0 Å². The maximum absolute atomic E-state index is 13.4. The molecule has 4 nitrogen and oxygen atoms in total. The Balaban J connectivity index is 1.51. The van der Waals surface area contributed by atoms with Crippen molar-refractivity contribution in [2.24, 2.45) is 5.92 Å². The van der Waals surface area contributed by atoms with Gasteiger partial charge in [-0.1, -0.05) is 56.3 Å². The molecule has 0 spiro atoms. The zero-order valence-electron chi connectivity index (χ0n) is 19.9. The summed E-state index contributed by atoms with van der Waals surface area (Å²) in [6, 6.07) is 29.5. The van der Waals surface area contributed by atoms with Gasteiger partial charge in [0.25, 0.3) is 0 Å². The summed E-state index contributed by atoms with van der Waals surface area (Å²) < 4.78 is 6.00. The number of nitrogens with one attached hydrogen (secondary N) is 1. The van der Waals surface area contributed by atoms with Crippen LogP contribution in [0.5, 0.6) is 11.5 Å². The highest BCUT2D eigenvalue weighted by Crippen LogP contribution is 2.30. The van der Waals surface area contributed by atoms with E-state index in [1.165, 1.54) is 0 Å². The summed E-state index contributed by atoms with van der Waals surface area (Å²) in [4.78, 5) is 17.6. The van der Waals surface area contributed by atoms with E-state index in [1.54, 1.807) is 0 Å². The molecule has 1 atom stereocenters. The van der Waals surface area contributed by atoms with Crippen LogP contribution < -0.4 is 10.1 Å². The Morgan fingerprint density at radius 2 is 1.59 bits per heavy atom. The molecule has 1 heterocycles. The van der Waals surface area contributed by atoms with E-state index in [9.17, 15) is 4.79 Å². The molecule has 1 aromatic heterocycles. The van der Waals surface area contributed by atoms with Crippen molar-refractivity contribution in [2.45, 2.75) is 33.1 Å². The smallest absolute Gasteiger partial charge is 0.231 e. The summed E-state index contributed by atoms with van der Waals surface area (Å²) in [5.74, 6) is 1.57. The number of amides is 1. The number of ether oxygens (including phenoxy) is 1. The van der Waals surface area contributed by atoms with Crippen LogP contribution in [0.3, 0.4) is 0 Å². The van der Waals surface area contributed by atoms with Gasteiger partial charge in [0.2, 0.25) is 5.91 Å². The van der Waals surface area contributed by atoms with Gasteiger partial charge in [0, 0.05) is 17.6 Å². The van der Waals surface area contributed by atoms with Gasteiger partial charge in [-0.15, -0.1) is 0 Å². The molecule has 0 fully saturated rings. The summed E-state index contributed by atoms with van der Waals surface area (Å²) in [6.45, 7) is 6.25. The number of carbonyl (C=O) groups is 1. The van der Waals surface area contributed by atoms with Crippen LogP contribution in [0.2, 0.25) is 0 Å². The predicted molar refractivity (Wildman–Crippen MR) is 138 cm³/mol. The quantitative estimate of drug-likeness (QED) is 0.300. The molecule has 172 valence electrons. The van der Waals surface area contributed by atoms with Gasteiger partial charge in [-0.25, -0.2) is 0 Å². The summed E-state index contributed by atoms with van der Waals surface area (Å²) in [5, 5.41) is 3.11. The van der Waals surface area contributed by atoms with E-state index in [-0.39, 0.29) is 11.8 Å². The van der Waals surface area contributed by atoms with Gasteiger partial charge in [-0.2, -0.15) is 0 Å². The van der Waals surface area contributed by atoms with Crippen molar-refractivity contribution in [2.75, 3.05) is 5.32 Å². The number of para-hydroxylation sites is 1. The van der Waals surface area contributed by atoms with Crippen LogP contribution in [0.25, 0.3) is 11.1 Å². The molecule has 0 aliphatic rings. The monoisotopic (exact) mass is 450 g/mol. The largest absolute Gasteiger partial charge is 0.457 e. The number of hydrogen-bond donors (Lipinski definition) is 1. The Bertz CT molecular complexity index is 1230. The van der Waals surface area contributed by atoms with Gasteiger partial charge in [-0.05, 0) is 84.5 Å². The first-order valence-corrected chi connectivity index (χ1v) is 11.6. The Labute approximate surface area is 201 Å². The fraction of sp³-hybridized carbons (Fsp3) is 0.200. The second-order valence-electron chi connectivity index (χ2n) is 8.92. The highest BCUT2D eigenvalue weighted by molar-refractivity contribution is 5.96. The van der Waals surface area contributed by atoms with E-state index in [0.29, 0.717) is 5.92 Å². The average Bonchev–Trinajstić information content (AvgIpc) is 2.84. The minimum absolute atomic E-state index is 0.0157. The van der Waals surface area contributed by atoms with Crippen LogP contribution in [-0.2, 0) is 4.79 Å². The fourth-order valence-corrected chi connectivity index (χ4v) is 3.99. The lowest BCUT2D eigenvalue weighted by atomic mass is 9.89. The third kappa shape index (κ3) is 6.10. The zero-order valence-corrected chi connectivity index (χ0v) is 19.9. The molecule has 0 bridgehead atoms. The number of hydrogen-bond acceptors (Lipinski definition) is 3. The van der Waals surface area contributed by atoms with Gasteiger partial charge in [0.15, 0.2) is 0 Å². The van der Waals surface area contributed by atoms with Crippen LogP contribution in [-0.4, -0.2) is 10.9 Å². The Morgan fingerprint density at radius 3 is 2.29 bits per heavy atom. The Hall–Kier alpha value is -3.92. The molecule has 4 rings (SSSR count). The third-order valence-corrected chi connectivity index (χ3v) is 5.65. The summed E-state index contributed by atoms with van der Waals surface area (Å²) in [5.41, 5.74) is 4.91. The van der Waals surface area contributed by atoms with E-state index in [0.717, 1.165) is 46.0 Å². The van der Waals surface area contributed by atoms with Crippen molar-refractivity contribution in [3.8, 4) is 22.6 Å². The number of anilines is 1. The molecular formula is C30H30N2O2. The lowest BCUT2D eigenvalue weighted by molar-refractivity contribution is -0.117. The van der Waals surface area contributed by atoms with Crippen molar-refractivity contribution >= 4 is 11.6 Å². The van der Waals surface area contributed by atoms with Crippen molar-refractivity contribution < 1.29 is 9.53 Å². The van der Waals surface area contributed by atoms with Crippen LogP contribution in [0, 0.1) is 12.8 Å². The maximum Gasteiger partial charge on any atom is 0.231 e. The number of aromatic nitrogens is 1. The maximum atomic E-state index is 13.4. The third-order valence-electron chi connectivity index (χ3n) is 5.65. The number of nitrogens with zero attached hydrogens (tertiary/aromatic N) is 1. The van der Waals surface area contributed by atoms with E-state index >= 15 is 0 Å². The first-order valence-electron chi connectivity index (χ1n) is 11.6. The minimum Gasteiger partial charge on any atom is -0.457 e. The molecular weight excluding hydrogens is 420 g/mol. The number of rotatable bonds is 8. The molecule has 4 aromatic rings. The average molecular weight is 451 g/mol. The standard InChI is InChI=1S/C30H30N2O2/c1-21(2)18-29(25-8-7-11-28(20-25)34-27-9-5-4-6-10-27)30(33)32-26-14-12-23(13-15-26)24-16-17-31-22(3)19-24/h4-17,19-21,29H,18H2,1-3H3,(H,32,33). The molecule has 34 heavy (non-hydrogen) atoms. The van der Waals surface area contributed by atoms with E-state index in [4.69, 9.17) is 4.74 Å². The summed E-state index contributed by atoms with van der Waals surface area (Å²) >= 11 is 0. The molecule has 0 aliphatic carbocycles. The summed E-state index contributed by atoms with van der Waals surface area (Å²) in [6.07, 6.45) is 2.56. The van der Waals surface area contributed by atoms with Crippen molar-refractivity contribution in [1.82, 2.24) is 4.98 Å². The normalized spacial score (nSPS) is 11.8. The lowest BCUT2D eigenvalue weighted by Gasteiger charge is -2.20. The van der Waals surface area contributed by atoms with Crippen LogP contribution in [0.1, 0.15) is 37.4 Å². The summed E-state index contributed by atoms with van der Waals surface area (Å²) in [7, 11) is 0. The number of pyridine rings is 1. The van der Waals surface area contributed by atoms with Gasteiger partial charge >= 0.3 is 0 Å². The molecule has 0 saturated heterocycles. The lowest BCUT2D eigenvalue weighted by Crippen LogP contribution is -2.22. The van der Waals surface area contributed by atoms with Gasteiger partial charge in [0.05, 0.1) is 5.92 Å². The van der Waals surface area contributed by atoms with Crippen LogP contribution in [0.4, 0.5) is 5.69 Å². The number of benzene rings is 3. The minimum atomic E-state index is -0.276. The first kappa shape index (κ1) is 23.2. The highest BCUT2D eigenvalue weighted by atomic mass is 16.5. The second-order valence-corrected chi connectivity index (χ2v) is 8.92. The van der Waals surface area contributed by atoms with Gasteiger partial charge in [0.1, 0.15) is 11.5 Å². The van der Waals surface area contributed by atoms with Crippen LogP contribution in [0.15, 0.2) is 97.2 Å². The van der Waals surface area contributed by atoms with Crippen molar-refractivity contribution in [3.63, 3.8) is 0 Å². The van der Waals surface area contributed by atoms with E-state index in [2.05, 4.69) is 30.2 Å². The topological polar surface area (TPSA) is 51.2 Å². The first-order chi connectivity index (χ1) is 16.5. The molecule has 0 saturated carbocycles. The van der Waals surface area contributed by atoms with Crippen molar-refractivity contribution in [3.05, 3.63) is 108 Å². The molecule has 1 unspecified atom stereocenters. The van der Waals surface area contributed by atoms with Gasteiger partial charge in [-0.3, -0.25) is 9.78 Å². The van der Waals surface area contributed by atoms with E-state index in [1.807, 2.05) is 98.0 Å². The second kappa shape index (κ2) is 10.8. The molecule has 0 aliphatic heterocycles. The zero-order chi connectivity index (χ0) is 23.9. The van der Waals surface area contributed by atoms with Crippen molar-refractivity contribution in [1.29, 1.82) is 0 Å². The SMILES string of the molecule is Cc1cc(-c2ccc(NC(=O)C(CC(C)C)c3cccc(Oc4ccccc4)c3)cc2)ccn1. The van der Waals surface area contributed by atoms with Gasteiger partial charge < -0.3 is 10.1 Å². The number of carbonyl (C=O) groups excluding carboxylic acids is 1. The molecule has 1 N–H and O–H groups in total. The molecule has 0 radical (unpaired) electrons. The Kier molecular flexibility index (Phi) is 7.38. The molecule has 3 aromatic carbocycles. The number of aryl methyl sites for hydroxylation is 1. The fourth-order valence-electron chi connectivity index (χ4n) is 3.99. The molecule has 4 heteroatoms. The predicted octanol–water partition coefficient (Wildman–Crippen LogP) is 7.62. The highest BCUT2D eigenvalue weighted by Gasteiger charge is 2.22.